The first-order valence-corrected chi connectivity index (χ1v) is 9.60. The number of anilines is 1. The molecule has 0 spiro atoms. The third-order valence-corrected chi connectivity index (χ3v) is 5.10. The molecule has 0 radical (unpaired) electrons. The lowest BCUT2D eigenvalue weighted by atomic mass is 10.1. The first-order chi connectivity index (χ1) is 12.9. The Morgan fingerprint density at radius 1 is 1.07 bits per heavy atom. The molecule has 0 saturated heterocycles. The molecule has 0 aliphatic heterocycles. The third-order valence-electron chi connectivity index (χ3n) is 3.69. The molecule has 0 aliphatic carbocycles. The van der Waals surface area contributed by atoms with Crippen LogP contribution < -0.4 is 16.4 Å². The fraction of sp³-hybridized carbons (Fsp3) is 0.211. The number of rotatable bonds is 8. The van der Waals surface area contributed by atoms with Gasteiger partial charge < -0.3 is 16.4 Å². The SMILES string of the molecule is CC(=O)Nc1cccc(C(=O)N[C@H](CC[S@](=O)c2ccccc2)C(N)=O)c1. The van der Waals surface area contributed by atoms with E-state index in [1.54, 1.807) is 42.5 Å². The van der Waals surface area contributed by atoms with Gasteiger partial charge >= 0.3 is 0 Å². The topological polar surface area (TPSA) is 118 Å². The summed E-state index contributed by atoms with van der Waals surface area (Å²) >= 11 is 0. The van der Waals surface area contributed by atoms with Crippen molar-refractivity contribution in [2.24, 2.45) is 5.73 Å². The average Bonchev–Trinajstić information content (AvgIpc) is 2.64. The Kier molecular flexibility index (Phi) is 7.25. The molecule has 2 rings (SSSR count). The van der Waals surface area contributed by atoms with Crippen molar-refractivity contribution in [3.63, 3.8) is 0 Å². The third kappa shape index (κ3) is 6.34. The molecule has 0 aliphatic rings. The predicted molar refractivity (Wildman–Crippen MR) is 104 cm³/mol. The van der Waals surface area contributed by atoms with Gasteiger partial charge in [-0.25, -0.2) is 0 Å². The van der Waals surface area contributed by atoms with Crippen LogP contribution in [0.2, 0.25) is 0 Å². The van der Waals surface area contributed by atoms with Gasteiger partial charge in [-0.1, -0.05) is 24.3 Å². The molecule has 4 N–H and O–H groups in total. The summed E-state index contributed by atoms with van der Waals surface area (Å²) in [7, 11) is -1.30. The van der Waals surface area contributed by atoms with Crippen molar-refractivity contribution < 1.29 is 18.6 Å². The highest BCUT2D eigenvalue weighted by Crippen LogP contribution is 2.12. The van der Waals surface area contributed by atoms with E-state index in [2.05, 4.69) is 10.6 Å². The predicted octanol–water partition coefficient (Wildman–Crippen LogP) is 1.43. The molecule has 0 bridgehead atoms. The zero-order chi connectivity index (χ0) is 19.8. The van der Waals surface area contributed by atoms with E-state index in [1.165, 1.54) is 13.0 Å². The Morgan fingerprint density at radius 3 is 2.41 bits per heavy atom. The number of nitrogens with two attached hydrogens (primary N) is 1. The zero-order valence-electron chi connectivity index (χ0n) is 14.8. The second-order valence-corrected chi connectivity index (χ2v) is 7.41. The highest BCUT2D eigenvalue weighted by molar-refractivity contribution is 7.85. The summed E-state index contributed by atoms with van der Waals surface area (Å²) in [5, 5.41) is 5.14. The molecule has 0 heterocycles. The highest BCUT2D eigenvalue weighted by Gasteiger charge is 2.20. The van der Waals surface area contributed by atoms with Crippen LogP contribution in [0.4, 0.5) is 5.69 Å². The van der Waals surface area contributed by atoms with E-state index in [1.807, 2.05) is 6.07 Å². The van der Waals surface area contributed by atoms with Crippen LogP contribution in [-0.4, -0.2) is 33.7 Å². The van der Waals surface area contributed by atoms with E-state index >= 15 is 0 Å². The minimum Gasteiger partial charge on any atom is -0.368 e. The molecule has 8 heteroatoms. The Balaban J connectivity index is 2.01. The van der Waals surface area contributed by atoms with E-state index in [4.69, 9.17) is 5.73 Å². The second kappa shape index (κ2) is 9.63. The van der Waals surface area contributed by atoms with Gasteiger partial charge in [0.15, 0.2) is 0 Å². The standard InChI is InChI=1S/C19H21N3O4S/c1-13(23)21-15-7-5-6-14(12-15)19(25)22-17(18(20)24)10-11-27(26)16-8-3-2-4-9-16/h2-9,12,17H,10-11H2,1H3,(H2,20,24)(H,21,23)(H,22,25)/t17-,27+/m1/s1. The van der Waals surface area contributed by atoms with Gasteiger partial charge in [-0.15, -0.1) is 0 Å². The monoisotopic (exact) mass is 387 g/mol. The van der Waals surface area contributed by atoms with E-state index in [0.717, 1.165) is 0 Å². The summed E-state index contributed by atoms with van der Waals surface area (Å²) in [4.78, 5) is 35.9. The van der Waals surface area contributed by atoms with Gasteiger partial charge in [0.05, 0.1) is 10.8 Å². The summed E-state index contributed by atoms with van der Waals surface area (Å²) in [5.74, 6) is -1.28. The smallest absolute Gasteiger partial charge is 0.252 e. The number of amides is 3. The van der Waals surface area contributed by atoms with E-state index < -0.39 is 28.7 Å². The first-order valence-electron chi connectivity index (χ1n) is 8.28. The van der Waals surface area contributed by atoms with Crippen molar-refractivity contribution in [1.29, 1.82) is 0 Å². The molecule has 0 aromatic heterocycles. The summed E-state index contributed by atoms with van der Waals surface area (Å²) in [6.07, 6.45) is 0.147. The lowest BCUT2D eigenvalue weighted by Gasteiger charge is -2.16. The summed E-state index contributed by atoms with van der Waals surface area (Å²) < 4.78 is 12.3. The van der Waals surface area contributed by atoms with Gasteiger partial charge in [0.25, 0.3) is 5.91 Å². The second-order valence-electron chi connectivity index (χ2n) is 5.84. The molecule has 2 aromatic carbocycles. The molecule has 2 atom stereocenters. The summed E-state index contributed by atoms with van der Waals surface area (Å²) in [6, 6.07) is 14.2. The molecule has 0 unspecified atom stereocenters. The summed E-state index contributed by atoms with van der Waals surface area (Å²) in [5.41, 5.74) is 6.12. The maximum absolute atomic E-state index is 12.4. The van der Waals surface area contributed by atoms with Crippen LogP contribution >= 0.6 is 0 Å². The first kappa shape index (κ1) is 20.3. The van der Waals surface area contributed by atoms with E-state index in [9.17, 15) is 18.6 Å². The van der Waals surface area contributed by atoms with Gasteiger partial charge in [0.2, 0.25) is 11.8 Å². The fourth-order valence-electron chi connectivity index (χ4n) is 2.38. The van der Waals surface area contributed by atoms with Gasteiger partial charge in [0, 0.05) is 28.8 Å². The van der Waals surface area contributed by atoms with Crippen LogP contribution in [0, 0.1) is 0 Å². The number of hydrogen-bond donors (Lipinski definition) is 3. The van der Waals surface area contributed by atoms with Crippen molar-refractivity contribution in [2.45, 2.75) is 24.3 Å². The molecule has 0 saturated carbocycles. The number of carbonyl (C=O) groups is 3. The molecule has 142 valence electrons. The lowest BCUT2D eigenvalue weighted by molar-refractivity contribution is -0.120. The summed E-state index contributed by atoms with van der Waals surface area (Å²) in [6.45, 7) is 1.36. The van der Waals surface area contributed by atoms with Crippen LogP contribution in [0.1, 0.15) is 23.7 Å². The molecule has 7 nitrogen and oxygen atoms in total. The number of benzene rings is 2. The number of carbonyl (C=O) groups excluding carboxylic acids is 3. The van der Waals surface area contributed by atoms with Crippen molar-refractivity contribution in [3.05, 3.63) is 60.2 Å². The number of primary amides is 1. The molecule has 0 fully saturated rings. The highest BCUT2D eigenvalue weighted by atomic mass is 32.2. The van der Waals surface area contributed by atoms with Crippen molar-refractivity contribution in [3.8, 4) is 0 Å². The van der Waals surface area contributed by atoms with Gasteiger partial charge in [-0.3, -0.25) is 18.6 Å². The number of hydrogen-bond acceptors (Lipinski definition) is 4. The normalized spacial score (nSPS) is 12.6. The maximum Gasteiger partial charge on any atom is 0.252 e. The Morgan fingerprint density at radius 2 is 1.78 bits per heavy atom. The Bertz CT molecular complexity index is 855. The minimum atomic E-state index is -1.30. The van der Waals surface area contributed by atoms with E-state index in [0.29, 0.717) is 10.6 Å². The van der Waals surface area contributed by atoms with Gasteiger partial charge in [0.1, 0.15) is 6.04 Å². The Hall–Kier alpha value is -3.00. The largest absolute Gasteiger partial charge is 0.368 e. The number of nitrogens with one attached hydrogen (secondary N) is 2. The van der Waals surface area contributed by atoms with Crippen LogP contribution in [-0.2, 0) is 20.4 Å². The molecular formula is C19H21N3O4S. The minimum absolute atomic E-state index is 0.147. The van der Waals surface area contributed by atoms with Crippen LogP contribution in [0.3, 0.4) is 0 Å². The van der Waals surface area contributed by atoms with Crippen molar-refractivity contribution in [2.75, 3.05) is 11.1 Å². The quantitative estimate of drug-likeness (QED) is 0.635. The van der Waals surface area contributed by atoms with Crippen LogP contribution in [0.15, 0.2) is 59.5 Å². The van der Waals surface area contributed by atoms with Gasteiger partial charge in [-0.2, -0.15) is 0 Å². The fourth-order valence-corrected chi connectivity index (χ4v) is 3.53. The van der Waals surface area contributed by atoms with Gasteiger partial charge in [-0.05, 0) is 36.8 Å². The van der Waals surface area contributed by atoms with Crippen molar-refractivity contribution in [1.82, 2.24) is 5.32 Å². The molecule has 2 aromatic rings. The Labute approximate surface area is 159 Å². The lowest BCUT2D eigenvalue weighted by Crippen LogP contribution is -2.45. The average molecular weight is 387 g/mol. The van der Waals surface area contributed by atoms with E-state index in [-0.39, 0.29) is 23.6 Å². The van der Waals surface area contributed by atoms with Crippen LogP contribution in [0.25, 0.3) is 0 Å². The molecular weight excluding hydrogens is 366 g/mol. The molecule has 3 amide bonds. The van der Waals surface area contributed by atoms with Crippen molar-refractivity contribution >= 4 is 34.2 Å². The maximum atomic E-state index is 12.4. The van der Waals surface area contributed by atoms with Crippen LogP contribution in [0.5, 0.6) is 0 Å². The zero-order valence-corrected chi connectivity index (χ0v) is 15.6. The molecule has 27 heavy (non-hydrogen) atoms.